The standard InChI is InChI=1S/C12H11N5/c1-16(11-5-3-2-4-6-11)12(15-9-13)17-8-7-14-10-17/h2-8,10H,1H3. The quantitative estimate of drug-likeness (QED) is 0.421. The molecule has 84 valence electrons. The summed E-state index contributed by atoms with van der Waals surface area (Å²) in [5.41, 5.74) is 0.954. The minimum Gasteiger partial charge on any atom is -0.314 e. The van der Waals surface area contributed by atoms with E-state index in [0.29, 0.717) is 5.96 Å². The Hall–Kier alpha value is -2.61. The molecule has 1 heterocycles. The van der Waals surface area contributed by atoms with Crippen LogP contribution in [0.1, 0.15) is 0 Å². The molecule has 0 aliphatic carbocycles. The number of nitrogens with zero attached hydrogens (tertiary/aromatic N) is 5. The van der Waals surface area contributed by atoms with Crippen LogP contribution in [-0.4, -0.2) is 22.6 Å². The summed E-state index contributed by atoms with van der Waals surface area (Å²) in [4.78, 5) is 9.59. The number of aromatic nitrogens is 2. The molecule has 0 bridgehead atoms. The maximum absolute atomic E-state index is 8.73. The Morgan fingerprint density at radius 1 is 1.41 bits per heavy atom. The predicted molar refractivity (Wildman–Crippen MR) is 65.5 cm³/mol. The number of imidazole rings is 1. The van der Waals surface area contributed by atoms with Crippen molar-refractivity contribution in [1.29, 1.82) is 5.26 Å². The van der Waals surface area contributed by atoms with Crippen LogP contribution in [-0.2, 0) is 0 Å². The highest BCUT2D eigenvalue weighted by atomic mass is 15.3. The van der Waals surface area contributed by atoms with Crippen molar-refractivity contribution in [2.75, 3.05) is 11.9 Å². The Morgan fingerprint density at radius 2 is 2.18 bits per heavy atom. The first-order valence-electron chi connectivity index (χ1n) is 5.07. The molecule has 2 aromatic rings. The molecule has 0 N–H and O–H groups in total. The van der Waals surface area contributed by atoms with Crippen molar-refractivity contribution >= 4 is 11.6 Å². The summed E-state index contributed by atoms with van der Waals surface area (Å²) in [6.07, 6.45) is 6.80. The molecule has 0 unspecified atom stereocenters. The molecule has 0 spiro atoms. The van der Waals surface area contributed by atoms with Gasteiger partial charge in [-0.15, -0.1) is 4.99 Å². The van der Waals surface area contributed by atoms with Crippen LogP contribution in [0.5, 0.6) is 0 Å². The van der Waals surface area contributed by atoms with Gasteiger partial charge >= 0.3 is 0 Å². The molecule has 5 heteroatoms. The lowest BCUT2D eigenvalue weighted by Gasteiger charge is -2.20. The number of benzene rings is 1. The topological polar surface area (TPSA) is 57.2 Å². The van der Waals surface area contributed by atoms with Gasteiger partial charge in [-0.25, -0.2) is 4.98 Å². The van der Waals surface area contributed by atoms with Crippen LogP contribution in [0.2, 0.25) is 0 Å². The van der Waals surface area contributed by atoms with Crippen LogP contribution in [0, 0.1) is 11.5 Å². The second-order valence-electron chi connectivity index (χ2n) is 3.38. The number of aliphatic imine (C=N–C) groups is 1. The monoisotopic (exact) mass is 225 g/mol. The summed E-state index contributed by atoms with van der Waals surface area (Å²) in [7, 11) is 1.85. The molecule has 0 amide bonds. The van der Waals surface area contributed by atoms with Crippen LogP contribution in [0.25, 0.3) is 0 Å². The van der Waals surface area contributed by atoms with E-state index in [4.69, 9.17) is 5.26 Å². The Kier molecular flexibility index (Phi) is 3.17. The molecule has 0 fully saturated rings. The summed E-state index contributed by atoms with van der Waals surface area (Å²) in [6.45, 7) is 0. The first kappa shape index (κ1) is 10.9. The third-order valence-electron chi connectivity index (χ3n) is 2.33. The second-order valence-corrected chi connectivity index (χ2v) is 3.38. The summed E-state index contributed by atoms with van der Waals surface area (Å²) in [5, 5.41) is 8.73. The molecular formula is C12H11N5. The van der Waals surface area contributed by atoms with Gasteiger partial charge in [-0.1, -0.05) is 18.2 Å². The van der Waals surface area contributed by atoms with Gasteiger partial charge in [0.25, 0.3) is 0 Å². The van der Waals surface area contributed by atoms with Crippen LogP contribution in [0.3, 0.4) is 0 Å². The number of hydrogen-bond donors (Lipinski definition) is 0. The normalized spacial score (nSPS) is 10.9. The van der Waals surface area contributed by atoms with Gasteiger partial charge in [0.15, 0.2) is 0 Å². The zero-order valence-corrected chi connectivity index (χ0v) is 9.35. The molecule has 0 aliphatic rings. The van der Waals surface area contributed by atoms with Gasteiger partial charge < -0.3 is 4.90 Å². The molecule has 0 saturated heterocycles. The number of para-hydroxylation sites is 1. The highest BCUT2D eigenvalue weighted by Crippen LogP contribution is 2.12. The van der Waals surface area contributed by atoms with Gasteiger partial charge in [-0.05, 0) is 12.1 Å². The highest BCUT2D eigenvalue weighted by Gasteiger charge is 2.10. The lowest BCUT2D eigenvalue weighted by Crippen LogP contribution is -2.31. The van der Waals surface area contributed by atoms with Crippen molar-refractivity contribution in [3.63, 3.8) is 0 Å². The van der Waals surface area contributed by atoms with Crippen molar-refractivity contribution in [1.82, 2.24) is 9.55 Å². The Balaban J connectivity index is 2.37. The van der Waals surface area contributed by atoms with Gasteiger partial charge in [0.2, 0.25) is 12.2 Å². The van der Waals surface area contributed by atoms with Crippen LogP contribution < -0.4 is 4.90 Å². The van der Waals surface area contributed by atoms with Gasteiger partial charge in [-0.3, -0.25) is 4.57 Å². The zero-order valence-electron chi connectivity index (χ0n) is 9.35. The first-order chi connectivity index (χ1) is 8.33. The predicted octanol–water partition coefficient (Wildman–Crippen LogP) is 1.70. The van der Waals surface area contributed by atoms with Gasteiger partial charge in [-0.2, -0.15) is 5.26 Å². The average Bonchev–Trinajstić information content (AvgIpc) is 2.90. The van der Waals surface area contributed by atoms with Crippen molar-refractivity contribution in [2.24, 2.45) is 4.99 Å². The van der Waals surface area contributed by atoms with E-state index in [1.54, 1.807) is 29.5 Å². The summed E-state index contributed by atoms with van der Waals surface area (Å²) >= 11 is 0. The molecule has 1 aromatic carbocycles. The number of hydrogen-bond acceptors (Lipinski definition) is 3. The number of rotatable bonds is 1. The molecule has 5 nitrogen and oxygen atoms in total. The largest absolute Gasteiger partial charge is 0.314 e. The van der Waals surface area contributed by atoms with E-state index in [9.17, 15) is 0 Å². The highest BCUT2D eigenvalue weighted by molar-refractivity contribution is 5.97. The third-order valence-corrected chi connectivity index (χ3v) is 2.33. The molecule has 0 radical (unpaired) electrons. The fourth-order valence-electron chi connectivity index (χ4n) is 1.50. The zero-order chi connectivity index (χ0) is 12.1. The van der Waals surface area contributed by atoms with E-state index in [1.165, 1.54) is 0 Å². The Morgan fingerprint density at radius 3 is 2.76 bits per heavy atom. The Bertz CT molecular complexity index is 536. The van der Waals surface area contributed by atoms with Crippen molar-refractivity contribution < 1.29 is 0 Å². The molecule has 0 saturated carbocycles. The molecule has 0 atom stereocenters. The average molecular weight is 225 g/mol. The van der Waals surface area contributed by atoms with Gasteiger partial charge in [0, 0.05) is 25.1 Å². The summed E-state index contributed by atoms with van der Waals surface area (Å²) < 4.78 is 1.69. The maximum Gasteiger partial charge on any atom is 0.226 e. The molecule has 0 aliphatic heterocycles. The molecule has 2 rings (SSSR count). The molecular weight excluding hydrogens is 214 g/mol. The van der Waals surface area contributed by atoms with E-state index in [-0.39, 0.29) is 0 Å². The van der Waals surface area contributed by atoms with E-state index in [1.807, 2.05) is 42.3 Å². The van der Waals surface area contributed by atoms with E-state index in [0.717, 1.165) is 5.69 Å². The second kappa shape index (κ2) is 4.94. The summed E-state index contributed by atoms with van der Waals surface area (Å²) in [6, 6.07) is 9.71. The first-order valence-corrected chi connectivity index (χ1v) is 5.07. The van der Waals surface area contributed by atoms with E-state index >= 15 is 0 Å². The number of anilines is 1. The smallest absolute Gasteiger partial charge is 0.226 e. The third kappa shape index (κ3) is 2.32. The van der Waals surface area contributed by atoms with E-state index < -0.39 is 0 Å². The SMILES string of the molecule is CN(C(=NC#N)n1ccnc1)c1ccccc1. The van der Waals surface area contributed by atoms with Crippen LogP contribution in [0.15, 0.2) is 54.0 Å². The minimum absolute atomic E-state index is 0.510. The Labute approximate surface area is 99.3 Å². The fraction of sp³-hybridized carbons (Fsp3) is 0.0833. The summed E-state index contributed by atoms with van der Waals surface area (Å²) in [5.74, 6) is 0.510. The van der Waals surface area contributed by atoms with Gasteiger partial charge in [0.05, 0.1) is 0 Å². The minimum atomic E-state index is 0.510. The van der Waals surface area contributed by atoms with Crippen molar-refractivity contribution in [2.45, 2.75) is 0 Å². The van der Waals surface area contributed by atoms with Gasteiger partial charge in [0.1, 0.15) is 6.33 Å². The van der Waals surface area contributed by atoms with E-state index in [2.05, 4.69) is 9.98 Å². The molecule has 1 aromatic heterocycles. The van der Waals surface area contributed by atoms with Crippen molar-refractivity contribution in [3.05, 3.63) is 49.1 Å². The fourth-order valence-corrected chi connectivity index (χ4v) is 1.50. The van der Waals surface area contributed by atoms with Crippen molar-refractivity contribution in [3.8, 4) is 6.19 Å². The lowest BCUT2D eigenvalue weighted by atomic mass is 10.3. The molecule has 17 heavy (non-hydrogen) atoms. The van der Waals surface area contributed by atoms with Crippen LogP contribution >= 0.6 is 0 Å². The lowest BCUT2D eigenvalue weighted by molar-refractivity contribution is 1.05. The number of nitriles is 1. The van der Waals surface area contributed by atoms with Crippen LogP contribution in [0.4, 0.5) is 5.69 Å². The maximum atomic E-state index is 8.73.